The van der Waals surface area contributed by atoms with E-state index in [-0.39, 0.29) is 43.2 Å². The summed E-state index contributed by atoms with van der Waals surface area (Å²) >= 11 is 0. The van der Waals surface area contributed by atoms with Crippen LogP contribution < -0.4 is 0 Å². The third-order valence-corrected chi connectivity index (χ3v) is 0. The first-order chi connectivity index (χ1) is 2.45. The largest absolute Gasteiger partial charge is 0.431 e. The Morgan fingerprint density at radius 3 is 0.667 bits per heavy atom. The van der Waals surface area contributed by atoms with Gasteiger partial charge in [-0.25, -0.2) is 0 Å². The van der Waals surface area contributed by atoms with Crippen molar-refractivity contribution >= 4 is 10.6 Å². The van der Waals surface area contributed by atoms with E-state index in [9.17, 15) is 23.3 Å². The fourth-order valence-corrected chi connectivity index (χ4v) is 0. The summed E-state index contributed by atoms with van der Waals surface area (Å²) in [7, 11) is -10.5. The van der Waals surface area contributed by atoms with Gasteiger partial charge in [0.2, 0.25) is 0 Å². The molecule has 9 heteroatoms. The summed E-state index contributed by atoms with van der Waals surface area (Å²) in [6.07, 6.45) is 0. The molecule has 0 radical (unpaired) electrons. The second kappa shape index (κ2) is 2.33. The van der Waals surface area contributed by atoms with Crippen molar-refractivity contribution in [3.8, 4) is 0 Å². The molecule has 0 amide bonds. The van der Waals surface area contributed by atoms with Crippen LogP contribution >= 0.6 is 10.6 Å². The predicted octanol–water partition coefficient (Wildman–Crippen LogP) is 2.34. The molecule has 64 valence electrons. The first-order valence-electron chi connectivity index (χ1n) is 0.926. The zero-order valence-corrected chi connectivity index (χ0v) is 5.05. The molecule has 2 N–H and O–H groups in total. The number of halogens is 6. The van der Waals surface area contributed by atoms with Crippen LogP contribution in [0.25, 0.3) is 0 Å². The van der Waals surface area contributed by atoms with Gasteiger partial charge in [0.05, 0.1) is 0 Å². The van der Waals surface area contributed by atoms with E-state index >= 15 is 0 Å². The van der Waals surface area contributed by atoms with Gasteiger partial charge in [0, 0.05) is 37.7 Å². The first-order valence-corrected chi connectivity index (χ1v) is 2.78. The van der Waals surface area contributed by atoms with Crippen molar-refractivity contribution < 1.29 is 66.5 Å². The monoisotopic (exact) mass is 204 g/mol. The molecule has 0 bridgehead atoms. The Kier molecular flexibility index (Phi) is 4.30. The second-order valence-corrected chi connectivity index (χ2v) is 2.62. The van der Waals surface area contributed by atoms with E-state index in [4.69, 9.17) is 0 Å². The Morgan fingerprint density at radius 1 is 0.667 bits per heavy atom. The molecular weight excluding hydrogens is 202 g/mol. The molecule has 0 fully saturated rings. The summed E-state index contributed by atoms with van der Waals surface area (Å²) < 4.78 is 59.1. The molecule has 0 atom stereocenters. The van der Waals surface area contributed by atoms with Gasteiger partial charge in [-0.1, -0.05) is 23.3 Å². The summed E-state index contributed by atoms with van der Waals surface area (Å²) in [6, 6.07) is 0. The Labute approximate surface area is 76.7 Å². The summed E-state index contributed by atoms with van der Waals surface area (Å²) in [5.41, 5.74) is 0. The van der Waals surface area contributed by atoms with E-state index in [0.29, 0.717) is 0 Å². The normalized spacial score (nSPS) is 18.0. The fraction of sp³-hybridized carbons (Fsp3) is 0. The number of hydrogen-bond donors (Lipinski definition) is 0. The maximum atomic E-state index is 9.85. The minimum Gasteiger partial charge on any atom is -0.412 e. The average molecular weight is 204 g/mol. The van der Waals surface area contributed by atoms with Gasteiger partial charge < -0.3 is 5.48 Å². The van der Waals surface area contributed by atoms with Gasteiger partial charge >= 0.3 is 10.6 Å². The average Bonchev–Trinajstić information content (AvgIpc) is 0.592. The van der Waals surface area contributed by atoms with Crippen molar-refractivity contribution in [1.29, 1.82) is 0 Å². The van der Waals surface area contributed by atoms with Crippen LogP contribution in [-0.4, -0.2) is 5.48 Å². The topological polar surface area (TPSA) is 31.5 Å². The quantitative estimate of drug-likeness (QED) is 0.542. The van der Waals surface area contributed by atoms with Crippen molar-refractivity contribution in [1.82, 2.24) is 0 Å². The van der Waals surface area contributed by atoms with Crippen LogP contribution in [0.4, 0.5) is 23.3 Å². The molecule has 0 saturated carbocycles. The van der Waals surface area contributed by atoms with E-state index in [1.165, 1.54) is 0 Å². The van der Waals surface area contributed by atoms with E-state index in [2.05, 4.69) is 0 Å². The Hall–Kier alpha value is 1.15. The fourth-order valence-electron chi connectivity index (χ4n) is 0. The molecule has 0 unspecified atom stereocenters. The summed E-state index contributed by atoms with van der Waals surface area (Å²) in [4.78, 5) is 0. The van der Waals surface area contributed by atoms with Gasteiger partial charge in [-0.2, -0.15) is 0 Å². The molecule has 0 spiro atoms. The van der Waals surface area contributed by atoms with Crippen LogP contribution in [0, 0.1) is 37.7 Å². The van der Waals surface area contributed by atoms with Gasteiger partial charge in [0.15, 0.2) is 0 Å². The molecule has 9 heavy (non-hydrogen) atoms. The van der Waals surface area contributed by atoms with Crippen molar-refractivity contribution in [3.05, 3.63) is 0 Å². The Bertz CT molecular complexity index is 71.6. The van der Waals surface area contributed by atoms with Crippen LogP contribution in [0.2, 0.25) is 0 Å². The van der Waals surface area contributed by atoms with Crippen LogP contribution in [-0.2, 0) is 0 Å². The second-order valence-electron chi connectivity index (χ2n) is 0.875. The van der Waals surface area contributed by atoms with E-state index in [1.54, 1.807) is 0 Å². The van der Waals surface area contributed by atoms with Gasteiger partial charge in [-0.05, 0) is 0 Å². The molecule has 0 aliphatic carbocycles. The molecule has 0 aromatic carbocycles. The smallest absolute Gasteiger partial charge is 0.412 e. The molecule has 0 aliphatic rings. The number of hydrogen-bond acceptors (Lipinski definition) is 0. The van der Waals surface area contributed by atoms with E-state index in [0.717, 1.165) is 0 Å². The van der Waals surface area contributed by atoms with Crippen molar-refractivity contribution in [2.45, 2.75) is 0 Å². The molecule has 0 saturated heterocycles. The van der Waals surface area contributed by atoms with Gasteiger partial charge in [-0.15, -0.1) is 0 Å². The zero-order valence-electron chi connectivity index (χ0n) is 3.53. The van der Waals surface area contributed by atoms with Gasteiger partial charge in [0.1, 0.15) is 0 Å². The minimum absolute atomic E-state index is 0. The van der Waals surface area contributed by atoms with Gasteiger partial charge in [0.25, 0.3) is 0 Å². The molecule has 0 heterocycles. The molecule has 0 aromatic rings. The summed E-state index contributed by atoms with van der Waals surface area (Å²) in [5.74, 6) is 0. The predicted molar refractivity (Wildman–Crippen MR) is 17.9 cm³/mol. The first kappa shape index (κ1) is 16.6. The van der Waals surface area contributed by atoms with Crippen LogP contribution in [0.1, 0.15) is 0 Å². The Balaban J connectivity index is -0.000000180. The van der Waals surface area contributed by atoms with Crippen molar-refractivity contribution in [2.75, 3.05) is 0 Å². The molecular formula is H2ArF6OS. The number of rotatable bonds is 0. The zero-order chi connectivity index (χ0) is 6.41. The third kappa shape index (κ3) is 354. The summed E-state index contributed by atoms with van der Waals surface area (Å²) in [5, 5.41) is 0. The van der Waals surface area contributed by atoms with Gasteiger partial charge in [-0.3, -0.25) is 0 Å². The SMILES string of the molecule is FS(F)(F)(F)(F)F.O.[Ar]. The molecule has 0 aromatic heterocycles. The van der Waals surface area contributed by atoms with E-state index in [1.807, 2.05) is 0 Å². The molecule has 1 nitrogen and oxygen atoms in total. The summed E-state index contributed by atoms with van der Waals surface area (Å²) in [6.45, 7) is 0. The maximum absolute atomic E-state index is 10.5. The Morgan fingerprint density at radius 2 is 0.667 bits per heavy atom. The molecule has 0 aliphatic heterocycles. The van der Waals surface area contributed by atoms with E-state index < -0.39 is 10.6 Å². The van der Waals surface area contributed by atoms with Crippen molar-refractivity contribution in [3.63, 3.8) is 0 Å². The standard InChI is InChI=1S/Ar.F6S.H2O/c;1-7(2,3,4,5)6;/h;;1H2. The molecule has 0 rings (SSSR count). The van der Waals surface area contributed by atoms with Crippen LogP contribution in [0.5, 0.6) is 0 Å². The van der Waals surface area contributed by atoms with Crippen LogP contribution in [0.15, 0.2) is 0 Å². The minimum atomic E-state index is -10.5. The third-order valence-electron chi connectivity index (χ3n) is 0. The maximum Gasteiger partial charge on any atom is 0.431 e. The van der Waals surface area contributed by atoms with Crippen LogP contribution in [0.3, 0.4) is 0 Å². The van der Waals surface area contributed by atoms with Crippen molar-refractivity contribution in [2.24, 2.45) is 0 Å².